The van der Waals surface area contributed by atoms with E-state index in [1.54, 1.807) is 6.21 Å². The van der Waals surface area contributed by atoms with E-state index in [1.807, 2.05) is 39.8 Å². The highest BCUT2D eigenvalue weighted by Gasteiger charge is 1.98. The molecule has 0 N–H and O–H groups in total. The molecule has 0 heterocycles. The van der Waals surface area contributed by atoms with E-state index in [1.165, 1.54) is 0 Å². The summed E-state index contributed by atoms with van der Waals surface area (Å²) < 4.78 is 0. The predicted molar refractivity (Wildman–Crippen MR) is 50.4 cm³/mol. The third-order valence-corrected chi connectivity index (χ3v) is 1.02. The van der Waals surface area contributed by atoms with Gasteiger partial charge in [-0.1, -0.05) is 0 Å². The van der Waals surface area contributed by atoms with Gasteiger partial charge in [0, 0.05) is 26.4 Å². The lowest BCUT2D eigenvalue weighted by Gasteiger charge is -2.11. The molecule has 0 aliphatic heterocycles. The van der Waals surface area contributed by atoms with E-state index < -0.39 is 0 Å². The maximum Gasteiger partial charge on any atom is 0.219 e. The van der Waals surface area contributed by atoms with Crippen molar-refractivity contribution in [3.63, 3.8) is 0 Å². The van der Waals surface area contributed by atoms with E-state index in [2.05, 4.69) is 9.98 Å². The Bertz CT molecular complexity index is 157. The fourth-order valence-corrected chi connectivity index (χ4v) is 0.611. The van der Waals surface area contributed by atoms with Crippen molar-refractivity contribution in [2.24, 2.45) is 9.98 Å². The second-order valence-electron chi connectivity index (χ2n) is 2.80. The number of guanidine groups is 1. The highest BCUT2D eigenvalue weighted by molar-refractivity contribution is 5.86. The first kappa shape index (κ1) is 10.1. The quantitative estimate of drug-likeness (QED) is 0.415. The van der Waals surface area contributed by atoms with Gasteiger partial charge in [-0.25, -0.2) is 9.98 Å². The highest BCUT2D eigenvalue weighted by Crippen LogP contribution is 1.92. The molecule has 0 aromatic heterocycles. The molecule has 64 valence electrons. The van der Waals surface area contributed by atoms with Crippen molar-refractivity contribution in [1.29, 1.82) is 0 Å². The lowest BCUT2D eigenvalue weighted by atomic mass is 10.4. The molecule has 0 atom stereocenters. The molecule has 0 aromatic carbocycles. The molecule has 11 heavy (non-hydrogen) atoms. The maximum atomic E-state index is 4.31. The van der Waals surface area contributed by atoms with Gasteiger partial charge in [-0.05, 0) is 20.8 Å². The Hall–Kier alpha value is -0.860. The van der Waals surface area contributed by atoms with Gasteiger partial charge in [0.25, 0.3) is 0 Å². The van der Waals surface area contributed by atoms with Crippen molar-refractivity contribution in [2.45, 2.75) is 26.8 Å². The van der Waals surface area contributed by atoms with Crippen LogP contribution in [0.2, 0.25) is 0 Å². The molecule has 0 saturated carbocycles. The summed E-state index contributed by atoms with van der Waals surface area (Å²) in [4.78, 5) is 10.3. The number of aliphatic imine (C=N–C) groups is 2. The standard InChI is InChI=1S/C8H17N3/c1-6-9-8(11(4)5)10-7(2)3/h6-7H,1-5H3/b9-6-,10-8+. The molecule has 0 saturated heterocycles. The van der Waals surface area contributed by atoms with Crippen molar-refractivity contribution in [1.82, 2.24) is 4.90 Å². The second kappa shape index (κ2) is 4.88. The first-order valence-electron chi connectivity index (χ1n) is 3.81. The molecule has 0 fully saturated rings. The van der Waals surface area contributed by atoms with Crippen LogP contribution in [0.5, 0.6) is 0 Å². The first-order valence-corrected chi connectivity index (χ1v) is 3.81. The van der Waals surface area contributed by atoms with Gasteiger partial charge < -0.3 is 4.90 Å². The van der Waals surface area contributed by atoms with Crippen LogP contribution < -0.4 is 0 Å². The SMILES string of the molecule is C/C=N\C(=N/C(C)C)N(C)C. The summed E-state index contributed by atoms with van der Waals surface area (Å²) in [5.74, 6) is 0.780. The highest BCUT2D eigenvalue weighted by atomic mass is 15.2. The van der Waals surface area contributed by atoms with Crippen LogP contribution in [0, 0.1) is 0 Å². The topological polar surface area (TPSA) is 28.0 Å². The van der Waals surface area contributed by atoms with Crippen molar-refractivity contribution in [3.8, 4) is 0 Å². The first-order chi connectivity index (χ1) is 5.07. The monoisotopic (exact) mass is 155 g/mol. The van der Waals surface area contributed by atoms with Gasteiger partial charge in [-0.2, -0.15) is 0 Å². The maximum absolute atomic E-state index is 4.31. The van der Waals surface area contributed by atoms with Crippen molar-refractivity contribution < 1.29 is 0 Å². The summed E-state index contributed by atoms with van der Waals surface area (Å²) in [6.07, 6.45) is 1.75. The van der Waals surface area contributed by atoms with E-state index in [9.17, 15) is 0 Å². The van der Waals surface area contributed by atoms with E-state index in [-0.39, 0.29) is 0 Å². The summed E-state index contributed by atoms with van der Waals surface area (Å²) >= 11 is 0. The molecule has 0 amide bonds. The Labute approximate surface area is 68.8 Å². The molecule has 0 unspecified atom stereocenters. The zero-order valence-corrected chi connectivity index (χ0v) is 8.00. The van der Waals surface area contributed by atoms with Gasteiger partial charge in [0.05, 0.1) is 0 Å². The van der Waals surface area contributed by atoms with E-state index in [0.717, 1.165) is 5.96 Å². The molecule has 0 aromatic rings. The molecular formula is C8H17N3. The van der Waals surface area contributed by atoms with Crippen molar-refractivity contribution >= 4 is 12.2 Å². The van der Waals surface area contributed by atoms with Crippen LogP contribution >= 0.6 is 0 Å². The average molecular weight is 155 g/mol. The van der Waals surface area contributed by atoms with Crippen LogP contribution in [0.4, 0.5) is 0 Å². The number of rotatable bonds is 1. The largest absolute Gasteiger partial charge is 0.347 e. The zero-order valence-electron chi connectivity index (χ0n) is 8.00. The minimum Gasteiger partial charge on any atom is -0.347 e. The molecule has 0 rings (SSSR count). The minimum absolute atomic E-state index is 0.302. The Morgan fingerprint density at radius 2 is 1.91 bits per heavy atom. The molecule has 0 bridgehead atoms. The minimum atomic E-state index is 0.302. The van der Waals surface area contributed by atoms with E-state index >= 15 is 0 Å². The Balaban J connectivity index is 4.33. The average Bonchev–Trinajstić information content (AvgIpc) is 1.86. The molecule has 0 aliphatic carbocycles. The van der Waals surface area contributed by atoms with Crippen LogP contribution in [-0.4, -0.2) is 37.2 Å². The molecule has 0 radical (unpaired) electrons. The normalized spacial score (nSPS) is 13.1. The molecule has 3 heteroatoms. The zero-order chi connectivity index (χ0) is 8.85. The van der Waals surface area contributed by atoms with Crippen LogP contribution in [0.3, 0.4) is 0 Å². The smallest absolute Gasteiger partial charge is 0.219 e. The van der Waals surface area contributed by atoms with Gasteiger partial charge in [0.2, 0.25) is 5.96 Å². The summed E-state index contributed by atoms with van der Waals surface area (Å²) in [6.45, 7) is 5.96. The van der Waals surface area contributed by atoms with Crippen LogP contribution in [-0.2, 0) is 0 Å². The summed E-state index contributed by atoms with van der Waals surface area (Å²) in [5.41, 5.74) is 0. The third kappa shape index (κ3) is 4.53. The second-order valence-corrected chi connectivity index (χ2v) is 2.80. The van der Waals surface area contributed by atoms with Crippen molar-refractivity contribution in [3.05, 3.63) is 0 Å². The lowest BCUT2D eigenvalue weighted by molar-refractivity contribution is 0.603. The lowest BCUT2D eigenvalue weighted by Crippen LogP contribution is -2.21. The summed E-state index contributed by atoms with van der Waals surface area (Å²) in [6, 6.07) is 0.302. The van der Waals surface area contributed by atoms with Crippen molar-refractivity contribution in [2.75, 3.05) is 14.1 Å². The number of hydrogen-bond acceptors (Lipinski definition) is 1. The summed E-state index contributed by atoms with van der Waals surface area (Å²) in [5, 5.41) is 0. The van der Waals surface area contributed by atoms with Gasteiger partial charge in [-0.15, -0.1) is 0 Å². The number of hydrogen-bond donors (Lipinski definition) is 0. The van der Waals surface area contributed by atoms with Crippen LogP contribution in [0.15, 0.2) is 9.98 Å². The van der Waals surface area contributed by atoms with Gasteiger partial charge in [0.15, 0.2) is 0 Å². The van der Waals surface area contributed by atoms with Crippen LogP contribution in [0.25, 0.3) is 0 Å². The third-order valence-electron chi connectivity index (χ3n) is 1.02. The molecule has 0 spiro atoms. The van der Waals surface area contributed by atoms with E-state index in [0.29, 0.717) is 6.04 Å². The fraction of sp³-hybridized carbons (Fsp3) is 0.750. The van der Waals surface area contributed by atoms with Gasteiger partial charge in [0.1, 0.15) is 0 Å². The molecule has 3 nitrogen and oxygen atoms in total. The molecular weight excluding hydrogens is 138 g/mol. The predicted octanol–water partition coefficient (Wildman–Crippen LogP) is 1.40. The number of nitrogens with zero attached hydrogens (tertiary/aromatic N) is 3. The van der Waals surface area contributed by atoms with Gasteiger partial charge >= 0.3 is 0 Å². The molecule has 0 aliphatic rings. The summed E-state index contributed by atoms with van der Waals surface area (Å²) in [7, 11) is 3.88. The van der Waals surface area contributed by atoms with E-state index in [4.69, 9.17) is 0 Å². The van der Waals surface area contributed by atoms with Crippen LogP contribution in [0.1, 0.15) is 20.8 Å². The van der Waals surface area contributed by atoms with Gasteiger partial charge in [-0.3, -0.25) is 0 Å². The Kier molecular flexibility index (Phi) is 4.50. The Morgan fingerprint density at radius 1 is 1.36 bits per heavy atom. The fourth-order valence-electron chi connectivity index (χ4n) is 0.611. The Morgan fingerprint density at radius 3 is 2.18 bits per heavy atom.